The van der Waals surface area contributed by atoms with Crippen molar-refractivity contribution in [2.75, 3.05) is 26.7 Å². The van der Waals surface area contributed by atoms with Gasteiger partial charge in [-0.2, -0.15) is 0 Å². The molecule has 0 spiro atoms. The van der Waals surface area contributed by atoms with Crippen molar-refractivity contribution in [1.82, 2.24) is 25.0 Å². The molecule has 0 saturated carbocycles. The van der Waals surface area contributed by atoms with Gasteiger partial charge in [-0.05, 0) is 32.6 Å². The van der Waals surface area contributed by atoms with Crippen LogP contribution >= 0.6 is 24.0 Å². The first-order chi connectivity index (χ1) is 12.7. The number of aryl methyl sites for hydroxylation is 1. The van der Waals surface area contributed by atoms with Crippen LogP contribution in [0.2, 0.25) is 0 Å². The van der Waals surface area contributed by atoms with Gasteiger partial charge in [0.25, 0.3) is 0 Å². The van der Waals surface area contributed by atoms with E-state index in [2.05, 4.69) is 30.0 Å². The summed E-state index contributed by atoms with van der Waals surface area (Å²) in [5.41, 5.74) is 0. The molecule has 0 aliphatic carbocycles. The van der Waals surface area contributed by atoms with E-state index in [4.69, 9.17) is 4.74 Å². The average molecular weight is 490 g/mol. The summed E-state index contributed by atoms with van der Waals surface area (Å²) >= 11 is 0. The summed E-state index contributed by atoms with van der Waals surface area (Å²) in [6, 6.07) is 0. The number of hydrogen-bond acceptors (Lipinski definition) is 5. The Morgan fingerprint density at radius 3 is 2.70 bits per heavy atom. The van der Waals surface area contributed by atoms with Gasteiger partial charge in [-0.1, -0.05) is 6.42 Å². The summed E-state index contributed by atoms with van der Waals surface area (Å²) in [6.07, 6.45) is 6.27. The van der Waals surface area contributed by atoms with E-state index < -0.39 is 0 Å². The molecule has 152 valence electrons. The minimum Gasteiger partial charge on any atom is -0.466 e. The summed E-state index contributed by atoms with van der Waals surface area (Å²) in [5.74, 6) is 2.88. The van der Waals surface area contributed by atoms with Crippen LogP contribution in [-0.2, 0) is 29.0 Å². The van der Waals surface area contributed by atoms with Crippen molar-refractivity contribution >= 4 is 35.9 Å². The van der Waals surface area contributed by atoms with Crippen molar-refractivity contribution in [3.05, 3.63) is 11.6 Å². The van der Waals surface area contributed by atoms with Crippen LogP contribution in [0.4, 0.5) is 0 Å². The second-order valence-corrected chi connectivity index (χ2v) is 6.91. The summed E-state index contributed by atoms with van der Waals surface area (Å²) in [5, 5.41) is 12.1. The number of ether oxygens (including phenoxy) is 1. The predicted octanol–water partition coefficient (Wildman–Crippen LogP) is 1.97. The molecule has 8 nitrogen and oxygen atoms in total. The third-order valence-electron chi connectivity index (χ3n) is 5.22. The molecule has 3 heterocycles. The van der Waals surface area contributed by atoms with Crippen LogP contribution in [0.5, 0.6) is 0 Å². The van der Waals surface area contributed by atoms with E-state index in [1.165, 1.54) is 19.3 Å². The fraction of sp³-hybridized carbons (Fsp3) is 0.778. The second kappa shape index (κ2) is 10.8. The topological polar surface area (TPSA) is 84.6 Å². The van der Waals surface area contributed by atoms with Gasteiger partial charge in [0.15, 0.2) is 11.8 Å². The van der Waals surface area contributed by atoms with Crippen LogP contribution in [0, 0.1) is 5.92 Å². The molecule has 0 amide bonds. The first-order valence-corrected chi connectivity index (χ1v) is 9.76. The monoisotopic (exact) mass is 490 g/mol. The average Bonchev–Trinajstić information content (AvgIpc) is 2.89. The number of esters is 1. The first-order valence-electron chi connectivity index (χ1n) is 9.76. The number of carbonyl (C=O) groups is 1. The van der Waals surface area contributed by atoms with E-state index in [1.807, 2.05) is 6.92 Å². The zero-order valence-electron chi connectivity index (χ0n) is 16.3. The Bertz CT molecular complexity index is 640. The maximum atomic E-state index is 11.9. The Morgan fingerprint density at radius 2 is 2.00 bits per heavy atom. The van der Waals surface area contributed by atoms with Crippen molar-refractivity contribution < 1.29 is 9.53 Å². The predicted molar refractivity (Wildman–Crippen MR) is 114 cm³/mol. The minimum atomic E-state index is -0.0683. The third kappa shape index (κ3) is 5.55. The molecule has 1 aromatic heterocycles. The van der Waals surface area contributed by atoms with E-state index in [0.29, 0.717) is 13.2 Å². The highest BCUT2D eigenvalue weighted by Gasteiger charge is 2.27. The number of piperidine rings is 1. The van der Waals surface area contributed by atoms with Crippen LogP contribution in [0.1, 0.15) is 50.7 Å². The molecule has 1 N–H and O–H groups in total. The Morgan fingerprint density at radius 1 is 1.22 bits per heavy atom. The largest absolute Gasteiger partial charge is 0.466 e. The molecular formula is C18H31IN6O2. The van der Waals surface area contributed by atoms with Crippen LogP contribution in [0.3, 0.4) is 0 Å². The van der Waals surface area contributed by atoms with Crippen LogP contribution in [-0.4, -0.2) is 58.3 Å². The Balaban J connectivity index is 0.00000261. The smallest absolute Gasteiger partial charge is 0.309 e. The zero-order chi connectivity index (χ0) is 18.4. The number of carbonyl (C=O) groups excluding carboxylic acids is 1. The summed E-state index contributed by atoms with van der Waals surface area (Å²) in [6.45, 7) is 5.54. The number of halogens is 1. The molecule has 1 fully saturated rings. The molecule has 0 bridgehead atoms. The van der Waals surface area contributed by atoms with Gasteiger partial charge in [0.2, 0.25) is 0 Å². The quantitative estimate of drug-likeness (QED) is 0.301. The van der Waals surface area contributed by atoms with Crippen molar-refractivity contribution in [2.24, 2.45) is 10.9 Å². The Kier molecular flexibility index (Phi) is 8.78. The number of fused-ring (bicyclic) bond motifs is 1. The van der Waals surface area contributed by atoms with Gasteiger partial charge in [-0.15, -0.1) is 34.2 Å². The van der Waals surface area contributed by atoms with Crippen LogP contribution in [0.15, 0.2) is 4.99 Å². The zero-order valence-corrected chi connectivity index (χ0v) is 18.6. The fourth-order valence-corrected chi connectivity index (χ4v) is 3.75. The highest BCUT2D eigenvalue weighted by molar-refractivity contribution is 14.0. The van der Waals surface area contributed by atoms with Gasteiger partial charge < -0.3 is 19.5 Å². The van der Waals surface area contributed by atoms with E-state index in [0.717, 1.165) is 56.5 Å². The van der Waals surface area contributed by atoms with Gasteiger partial charge in [0.1, 0.15) is 5.82 Å². The molecule has 0 radical (unpaired) electrons. The molecule has 9 heteroatoms. The lowest BCUT2D eigenvalue weighted by Crippen LogP contribution is -2.46. The lowest BCUT2D eigenvalue weighted by molar-refractivity contribution is -0.149. The lowest BCUT2D eigenvalue weighted by Gasteiger charge is -2.33. The highest BCUT2D eigenvalue weighted by Crippen LogP contribution is 2.19. The number of hydrogen-bond donors (Lipinski definition) is 1. The Labute approximate surface area is 178 Å². The van der Waals surface area contributed by atoms with Gasteiger partial charge in [-0.25, -0.2) is 0 Å². The fourth-order valence-electron chi connectivity index (χ4n) is 3.75. The molecule has 3 rings (SSSR count). The number of aliphatic imine (C=N–C) groups is 1. The maximum absolute atomic E-state index is 11.9. The number of rotatable bonds is 4. The van der Waals surface area contributed by atoms with E-state index in [-0.39, 0.29) is 35.9 Å². The molecule has 1 aromatic rings. The molecule has 0 unspecified atom stereocenters. The van der Waals surface area contributed by atoms with Crippen molar-refractivity contribution in [1.29, 1.82) is 0 Å². The molecule has 2 aliphatic rings. The van der Waals surface area contributed by atoms with Crippen LogP contribution in [0.25, 0.3) is 0 Å². The standard InChI is InChI=1S/C18H30N6O2.HI/c1-3-26-17(25)14-8-11-23(12-9-14)18(19-2)20-13-16-22-21-15-7-5-4-6-10-24(15)16;/h14H,3-13H2,1-2H3,(H,19,20);1H. The molecule has 0 atom stereocenters. The van der Waals surface area contributed by atoms with Gasteiger partial charge in [-0.3, -0.25) is 9.79 Å². The number of nitrogens with one attached hydrogen (secondary N) is 1. The first kappa shape index (κ1) is 21.9. The van der Waals surface area contributed by atoms with E-state index in [1.54, 1.807) is 7.05 Å². The van der Waals surface area contributed by atoms with Gasteiger partial charge in [0, 0.05) is 33.1 Å². The number of likely N-dealkylation sites (tertiary alicyclic amines) is 1. The van der Waals surface area contributed by atoms with E-state index >= 15 is 0 Å². The van der Waals surface area contributed by atoms with Crippen molar-refractivity contribution in [2.45, 2.75) is 58.5 Å². The third-order valence-corrected chi connectivity index (χ3v) is 5.22. The molecule has 0 aromatic carbocycles. The van der Waals surface area contributed by atoms with Gasteiger partial charge >= 0.3 is 5.97 Å². The summed E-state index contributed by atoms with van der Waals surface area (Å²) in [7, 11) is 1.80. The molecule has 2 aliphatic heterocycles. The van der Waals surface area contributed by atoms with Crippen LogP contribution < -0.4 is 5.32 Å². The summed E-state index contributed by atoms with van der Waals surface area (Å²) in [4.78, 5) is 18.5. The minimum absolute atomic E-state index is 0. The number of nitrogens with zero attached hydrogens (tertiary/aromatic N) is 5. The van der Waals surface area contributed by atoms with Gasteiger partial charge in [0.05, 0.1) is 19.1 Å². The molecular weight excluding hydrogens is 459 g/mol. The van der Waals surface area contributed by atoms with E-state index in [9.17, 15) is 4.79 Å². The number of guanidine groups is 1. The highest BCUT2D eigenvalue weighted by atomic mass is 127. The lowest BCUT2D eigenvalue weighted by atomic mass is 9.97. The normalized spacial score (nSPS) is 18.3. The summed E-state index contributed by atoms with van der Waals surface area (Å²) < 4.78 is 7.39. The van der Waals surface area contributed by atoms with Crippen molar-refractivity contribution in [3.63, 3.8) is 0 Å². The van der Waals surface area contributed by atoms with Crippen molar-refractivity contribution in [3.8, 4) is 0 Å². The SMILES string of the molecule is CCOC(=O)C1CCN(C(=NC)NCc2nnc3n2CCCCC3)CC1.I. The number of aromatic nitrogens is 3. The molecule has 1 saturated heterocycles. The second-order valence-electron chi connectivity index (χ2n) is 6.91. The Hall–Kier alpha value is -1.39. The molecule has 27 heavy (non-hydrogen) atoms. The maximum Gasteiger partial charge on any atom is 0.309 e.